The second-order valence-corrected chi connectivity index (χ2v) is 7.24. The van der Waals surface area contributed by atoms with E-state index in [1.54, 1.807) is 24.5 Å². The fraction of sp³-hybridized carbons (Fsp3) is 0.190. The highest BCUT2D eigenvalue weighted by atomic mass is 19.4. The van der Waals surface area contributed by atoms with Crippen molar-refractivity contribution < 1.29 is 22.7 Å². The summed E-state index contributed by atoms with van der Waals surface area (Å²) in [5, 5.41) is 10.7. The summed E-state index contributed by atoms with van der Waals surface area (Å²) >= 11 is 0. The van der Waals surface area contributed by atoms with Crippen LogP contribution >= 0.6 is 0 Å². The van der Waals surface area contributed by atoms with Gasteiger partial charge < -0.3 is 14.6 Å². The molecule has 1 amide bonds. The van der Waals surface area contributed by atoms with E-state index in [4.69, 9.17) is 4.74 Å². The molecule has 4 aromatic rings. The van der Waals surface area contributed by atoms with Gasteiger partial charge in [0.25, 0.3) is 5.91 Å². The maximum Gasteiger partial charge on any atom is 0.451 e. The van der Waals surface area contributed by atoms with Gasteiger partial charge in [-0.25, -0.2) is 15.0 Å². The van der Waals surface area contributed by atoms with Crippen LogP contribution in [0.2, 0.25) is 0 Å². The van der Waals surface area contributed by atoms with Crippen molar-refractivity contribution in [3.8, 4) is 23.0 Å². The molecule has 0 fully saturated rings. The topological polar surface area (TPSA) is 121 Å². The van der Waals surface area contributed by atoms with Crippen molar-refractivity contribution in [2.45, 2.75) is 26.1 Å². The van der Waals surface area contributed by atoms with Crippen molar-refractivity contribution in [1.82, 2.24) is 34.7 Å². The summed E-state index contributed by atoms with van der Waals surface area (Å²) in [5.74, 6) is -0.895. The maximum atomic E-state index is 12.7. The second kappa shape index (κ2) is 9.21. The number of halogens is 3. The smallest absolute Gasteiger partial charge is 0.451 e. The van der Waals surface area contributed by atoms with Crippen LogP contribution < -0.4 is 10.1 Å². The quantitative estimate of drug-likeness (QED) is 0.446. The molecule has 4 aromatic heterocycles. The fourth-order valence-corrected chi connectivity index (χ4v) is 2.86. The van der Waals surface area contributed by atoms with Crippen LogP contribution in [0.3, 0.4) is 0 Å². The molecule has 0 radical (unpaired) electrons. The molecule has 0 atom stereocenters. The Hall–Kier alpha value is -4.42. The molecule has 0 saturated carbocycles. The fourth-order valence-electron chi connectivity index (χ4n) is 2.86. The van der Waals surface area contributed by atoms with Crippen molar-refractivity contribution in [2.75, 3.05) is 5.32 Å². The molecule has 174 valence electrons. The average molecular weight is 470 g/mol. The van der Waals surface area contributed by atoms with Crippen LogP contribution in [0.4, 0.5) is 19.0 Å². The number of nitrogens with zero attached hydrogens (tertiary/aromatic N) is 7. The molecule has 0 aliphatic rings. The summed E-state index contributed by atoms with van der Waals surface area (Å²) in [6, 6.07) is 7.95. The molecule has 10 nitrogen and oxygen atoms in total. The first-order chi connectivity index (χ1) is 16.2. The first-order valence-corrected chi connectivity index (χ1v) is 9.92. The number of rotatable bonds is 6. The van der Waals surface area contributed by atoms with Gasteiger partial charge in [0.2, 0.25) is 5.82 Å². The van der Waals surface area contributed by atoms with Crippen molar-refractivity contribution in [3.63, 3.8) is 0 Å². The lowest BCUT2D eigenvalue weighted by Crippen LogP contribution is -2.15. The normalized spacial score (nSPS) is 11.5. The first kappa shape index (κ1) is 22.8. The van der Waals surface area contributed by atoms with Gasteiger partial charge in [-0.1, -0.05) is 6.07 Å². The highest BCUT2D eigenvalue weighted by Crippen LogP contribution is 2.27. The van der Waals surface area contributed by atoms with Crippen LogP contribution in [0, 0.1) is 0 Å². The predicted octanol–water partition coefficient (Wildman–Crippen LogP) is 4.17. The van der Waals surface area contributed by atoms with E-state index in [9.17, 15) is 18.0 Å². The Bertz CT molecular complexity index is 1310. The van der Waals surface area contributed by atoms with E-state index in [0.29, 0.717) is 11.5 Å². The molecule has 0 bridgehead atoms. The molecule has 1 N–H and O–H groups in total. The minimum absolute atomic E-state index is 0.00267. The summed E-state index contributed by atoms with van der Waals surface area (Å²) in [5.41, 5.74) is 0.527. The first-order valence-electron chi connectivity index (χ1n) is 9.92. The molecule has 0 aliphatic carbocycles. The van der Waals surface area contributed by atoms with E-state index in [0.717, 1.165) is 12.4 Å². The highest BCUT2D eigenvalue weighted by Gasteiger charge is 2.34. The van der Waals surface area contributed by atoms with Crippen LogP contribution in [0.1, 0.15) is 36.2 Å². The van der Waals surface area contributed by atoms with Crippen LogP contribution in [-0.2, 0) is 6.18 Å². The van der Waals surface area contributed by atoms with E-state index >= 15 is 0 Å². The van der Waals surface area contributed by atoms with E-state index in [-0.39, 0.29) is 29.1 Å². The molecule has 0 saturated heterocycles. The van der Waals surface area contributed by atoms with Crippen molar-refractivity contribution in [1.29, 1.82) is 0 Å². The Morgan fingerprint density at radius 3 is 2.56 bits per heavy atom. The van der Waals surface area contributed by atoms with E-state index in [1.165, 1.54) is 18.3 Å². The van der Waals surface area contributed by atoms with Crippen LogP contribution in [0.15, 0.2) is 55.2 Å². The summed E-state index contributed by atoms with van der Waals surface area (Å²) in [6.45, 7) is 3.96. The summed E-state index contributed by atoms with van der Waals surface area (Å²) in [7, 11) is 0. The zero-order valence-electron chi connectivity index (χ0n) is 17.9. The Labute approximate surface area is 190 Å². The molecular weight excluding hydrogens is 453 g/mol. The monoisotopic (exact) mass is 470 g/mol. The molecule has 0 aliphatic heterocycles. The van der Waals surface area contributed by atoms with Crippen LogP contribution in [0.5, 0.6) is 11.5 Å². The number of pyridine rings is 2. The number of hydrogen-bond donors (Lipinski definition) is 1. The van der Waals surface area contributed by atoms with Crippen LogP contribution in [0.25, 0.3) is 11.5 Å². The summed E-state index contributed by atoms with van der Waals surface area (Å²) in [6.07, 6.45) is 0.0487. The number of anilines is 1. The number of amides is 1. The Morgan fingerprint density at radius 2 is 1.85 bits per heavy atom. The molecular formula is C21H17F3N8O2. The lowest BCUT2D eigenvalue weighted by atomic mass is 10.3. The van der Waals surface area contributed by atoms with Crippen molar-refractivity contribution in [2.24, 2.45) is 0 Å². The summed E-state index contributed by atoms with van der Waals surface area (Å²) < 4.78 is 45.1. The number of nitrogens with one attached hydrogen (secondary N) is 1. The Balaban J connectivity index is 1.48. The number of ether oxygens (including phenoxy) is 1. The zero-order valence-corrected chi connectivity index (χ0v) is 17.9. The van der Waals surface area contributed by atoms with Crippen molar-refractivity contribution >= 4 is 11.7 Å². The van der Waals surface area contributed by atoms with E-state index in [1.807, 2.05) is 18.4 Å². The van der Waals surface area contributed by atoms with Gasteiger partial charge in [0.05, 0.1) is 12.4 Å². The molecule has 13 heteroatoms. The van der Waals surface area contributed by atoms with Gasteiger partial charge in [0, 0.05) is 18.3 Å². The number of aromatic nitrogens is 7. The Kier molecular flexibility index (Phi) is 6.17. The largest absolute Gasteiger partial charge is 0.454 e. The predicted molar refractivity (Wildman–Crippen MR) is 113 cm³/mol. The molecule has 0 spiro atoms. The third-order valence-electron chi connectivity index (χ3n) is 4.43. The van der Waals surface area contributed by atoms with Crippen molar-refractivity contribution in [3.05, 3.63) is 66.8 Å². The number of alkyl halides is 3. The van der Waals surface area contributed by atoms with E-state index < -0.39 is 17.9 Å². The SMILES string of the molecule is CC(C)n1cnnc1-c1cccc(NC(=O)c2cc(Oc3cnc(C(F)(F)F)nc3)ccn2)n1. The maximum absolute atomic E-state index is 12.7. The minimum atomic E-state index is -4.66. The van der Waals surface area contributed by atoms with Gasteiger partial charge in [-0.2, -0.15) is 13.2 Å². The minimum Gasteiger partial charge on any atom is -0.454 e. The zero-order chi connectivity index (χ0) is 24.3. The van der Waals surface area contributed by atoms with Gasteiger partial charge in [-0.05, 0) is 32.0 Å². The Morgan fingerprint density at radius 1 is 1.09 bits per heavy atom. The molecule has 4 heterocycles. The second-order valence-electron chi connectivity index (χ2n) is 7.24. The number of carbonyl (C=O) groups excluding carboxylic acids is 1. The third-order valence-corrected chi connectivity index (χ3v) is 4.43. The van der Waals surface area contributed by atoms with Gasteiger partial charge in [-0.15, -0.1) is 10.2 Å². The van der Waals surface area contributed by atoms with Gasteiger partial charge >= 0.3 is 6.18 Å². The molecule has 0 aromatic carbocycles. The summed E-state index contributed by atoms with van der Waals surface area (Å²) in [4.78, 5) is 27.6. The molecule has 0 unspecified atom stereocenters. The lowest BCUT2D eigenvalue weighted by Gasteiger charge is -2.11. The highest BCUT2D eigenvalue weighted by molar-refractivity contribution is 6.02. The van der Waals surface area contributed by atoms with Gasteiger partial charge in [-0.3, -0.25) is 9.78 Å². The number of hydrogen-bond acceptors (Lipinski definition) is 8. The van der Waals surface area contributed by atoms with E-state index in [2.05, 4.69) is 35.5 Å². The standard InChI is InChI=1S/C21H17F3N8O2/c1-12(2)32-11-28-31-18(32)15-4-3-5-17(29-15)30-19(33)16-8-13(6-7-25-16)34-14-9-26-20(27-10-14)21(22,23)24/h3-12H,1-2H3,(H,29,30,33). The number of carbonyl (C=O) groups is 1. The molecule has 4 rings (SSSR count). The van der Waals surface area contributed by atoms with Crippen LogP contribution in [-0.4, -0.2) is 40.6 Å². The van der Waals surface area contributed by atoms with Gasteiger partial charge in [0.1, 0.15) is 29.3 Å². The average Bonchev–Trinajstić information content (AvgIpc) is 3.30. The third kappa shape index (κ3) is 5.14. The molecule has 34 heavy (non-hydrogen) atoms. The van der Waals surface area contributed by atoms with Gasteiger partial charge in [0.15, 0.2) is 11.6 Å². The lowest BCUT2D eigenvalue weighted by molar-refractivity contribution is -0.145.